The predicted octanol–water partition coefficient (Wildman–Crippen LogP) is 3.89. The van der Waals surface area contributed by atoms with Crippen LogP contribution in [0.1, 0.15) is 25.8 Å². The molecule has 3 heterocycles. The summed E-state index contributed by atoms with van der Waals surface area (Å²) < 4.78 is 59.5. The summed E-state index contributed by atoms with van der Waals surface area (Å²) in [7, 11) is 0. The zero-order valence-electron chi connectivity index (χ0n) is 13.7. The Morgan fingerprint density at radius 1 is 0.962 bits per heavy atom. The van der Waals surface area contributed by atoms with Gasteiger partial charge in [-0.1, -0.05) is 19.0 Å². The first-order valence-electron chi connectivity index (χ1n) is 7.59. The van der Waals surface area contributed by atoms with Gasteiger partial charge >= 0.3 is 0 Å². The predicted molar refractivity (Wildman–Crippen MR) is 82.8 cm³/mol. The maximum Gasteiger partial charge on any atom is 0.253 e. The minimum Gasteiger partial charge on any atom is -0.368 e. The number of anilines is 1. The highest BCUT2D eigenvalue weighted by atomic mass is 19.2. The number of halogens is 4. The first-order chi connectivity index (χ1) is 12.4. The van der Waals surface area contributed by atoms with E-state index in [0.29, 0.717) is 5.56 Å². The molecule has 1 N–H and O–H groups in total. The van der Waals surface area contributed by atoms with E-state index < -0.39 is 35.3 Å². The van der Waals surface area contributed by atoms with Gasteiger partial charge in [0.25, 0.3) is 11.9 Å². The summed E-state index contributed by atoms with van der Waals surface area (Å²) >= 11 is 0. The molecule has 0 aliphatic carbocycles. The molecule has 0 aliphatic rings. The fraction of sp³-hybridized carbons (Fsp3) is 0.250. The van der Waals surface area contributed by atoms with Crippen molar-refractivity contribution >= 4 is 5.69 Å². The third kappa shape index (κ3) is 3.35. The first-order valence-corrected chi connectivity index (χ1v) is 7.59. The normalized spacial score (nSPS) is 12.4. The Morgan fingerprint density at radius 2 is 1.58 bits per heavy atom. The Labute approximate surface area is 145 Å². The SMILES string of the molecule is CC(C)C(Nc1c(F)c(F)nc(F)c1F)c1nc(-c2ccncc2)no1. The molecule has 0 aromatic carbocycles. The van der Waals surface area contributed by atoms with Gasteiger partial charge in [0, 0.05) is 18.0 Å². The van der Waals surface area contributed by atoms with Crippen molar-refractivity contribution in [2.75, 3.05) is 5.32 Å². The van der Waals surface area contributed by atoms with Crippen LogP contribution in [0.5, 0.6) is 0 Å². The Balaban J connectivity index is 1.96. The Morgan fingerprint density at radius 3 is 2.15 bits per heavy atom. The molecule has 0 spiro atoms. The van der Waals surface area contributed by atoms with Crippen molar-refractivity contribution in [2.24, 2.45) is 5.92 Å². The monoisotopic (exact) mass is 367 g/mol. The van der Waals surface area contributed by atoms with Crippen LogP contribution >= 0.6 is 0 Å². The van der Waals surface area contributed by atoms with Crippen LogP contribution in [0.3, 0.4) is 0 Å². The molecule has 10 heteroatoms. The highest BCUT2D eigenvalue weighted by molar-refractivity contribution is 5.53. The van der Waals surface area contributed by atoms with Crippen molar-refractivity contribution in [1.82, 2.24) is 20.1 Å². The summed E-state index contributed by atoms with van der Waals surface area (Å²) in [4.78, 5) is 10.6. The molecule has 3 aromatic rings. The van der Waals surface area contributed by atoms with Crippen LogP contribution in [0.4, 0.5) is 23.2 Å². The average Bonchev–Trinajstić information content (AvgIpc) is 3.10. The molecular formula is C16H13F4N5O. The standard InChI is InChI=1S/C16H13F4N5O/c1-7(2)11(22-12-9(17)13(19)23-14(20)10(12)18)16-24-15(25-26-16)8-3-5-21-6-4-8/h3-7,11H,1-2H3,(H,22,23). The molecule has 6 nitrogen and oxygen atoms in total. The minimum absolute atomic E-state index is 0.00300. The van der Waals surface area contributed by atoms with Crippen molar-refractivity contribution in [3.8, 4) is 11.4 Å². The third-order valence-electron chi connectivity index (χ3n) is 3.61. The summed E-state index contributed by atoms with van der Waals surface area (Å²) in [5, 5.41) is 6.21. The summed E-state index contributed by atoms with van der Waals surface area (Å²) in [6.07, 6.45) is 3.08. The zero-order valence-corrected chi connectivity index (χ0v) is 13.7. The lowest BCUT2D eigenvalue weighted by molar-refractivity contribution is 0.333. The van der Waals surface area contributed by atoms with Gasteiger partial charge in [0.05, 0.1) is 0 Å². The topological polar surface area (TPSA) is 76.7 Å². The van der Waals surface area contributed by atoms with Crippen LogP contribution in [0.2, 0.25) is 0 Å². The van der Waals surface area contributed by atoms with Gasteiger partial charge < -0.3 is 9.84 Å². The second-order valence-corrected chi connectivity index (χ2v) is 5.75. The molecule has 1 atom stereocenters. The molecule has 0 saturated heterocycles. The highest BCUT2D eigenvalue weighted by Crippen LogP contribution is 2.31. The second kappa shape index (κ2) is 7.06. The van der Waals surface area contributed by atoms with Gasteiger partial charge in [-0.2, -0.15) is 27.5 Å². The van der Waals surface area contributed by atoms with E-state index in [4.69, 9.17) is 4.52 Å². The van der Waals surface area contributed by atoms with Crippen molar-refractivity contribution in [3.05, 3.63) is 53.9 Å². The second-order valence-electron chi connectivity index (χ2n) is 5.75. The van der Waals surface area contributed by atoms with Gasteiger partial charge in [-0.05, 0) is 18.1 Å². The highest BCUT2D eigenvalue weighted by Gasteiger charge is 2.28. The van der Waals surface area contributed by atoms with E-state index >= 15 is 0 Å². The van der Waals surface area contributed by atoms with Crippen LogP contribution in [-0.2, 0) is 0 Å². The molecule has 0 aliphatic heterocycles. The van der Waals surface area contributed by atoms with Crippen molar-refractivity contribution < 1.29 is 22.1 Å². The molecule has 0 bridgehead atoms. The Kier molecular flexibility index (Phi) is 4.83. The number of hydrogen-bond acceptors (Lipinski definition) is 6. The number of pyridine rings is 2. The van der Waals surface area contributed by atoms with Gasteiger partial charge in [0.1, 0.15) is 11.7 Å². The molecule has 3 rings (SSSR count). The zero-order chi connectivity index (χ0) is 18.8. The van der Waals surface area contributed by atoms with Crippen LogP contribution in [0.25, 0.3) is 11.4 Å². The van der Waals surface area contributed by atoms with E-state index in [1.54, 1.807) is 26.0 Å². The van der Waals surface area contributed by atoms with Gasteiger partial charge in [0.15, 0.2) is 0 Å². The molecule has 3 aromatic heterocycles. The van der Waals surface area contributed by atoms with Gasteiger partial charge in [-0.15, -0.1) is 0 Å². The van der Waals surface area contributed by atoms with E-state index in [1.807, 2.05) is 0 Å². The van der Waals surface area contributed by atoms with Crippen molar-refractivity contribution in [3.63, 3.8) is 0 Å². The summed E-state index contributed by atoms with van der Waals surface area (Å²) in [5.41, 5.74) is -0.367. The smallest absolute Gasteiger partial charge is 0.253 e. The molecule has 1 unspecified atom stereocenters. The molecule has 0 amide bonds. The summed E-state index contributed by atoms with van der Waals surface area (Å²) in [6.45, 7) is 3.41. The van der Waals surface area contributed by atoms with Crippen LogP contribution in [0.15, 0.2) is 29.0 Å². The van der Waals surface area contributed by atoms with Gasteiger partial charge in [-0.3, -0.25) is 4.98 Å². The molecule has 0 radical (unpaired) electrons. The summed E-state index contributed by atoms with van der Waals surface area (Å²) in [5.74, 6) is -6.84. The molecule has 0 saturated carbocycles. The molecule has 136 valence electrons. The number of rotatable bonds is 5. The fourth-order valence-electron chi connectivity index (χ4n) is 2.26. The maximum atomic E-state index is 13.9. The first kappa shape index (κ1) is 17.8. The molecule has 0 fully saturated rings. The van der Waals surface area contributed by atoms with Gasteiger partial charge in [0.2, 0.25) is 23.3 Å². The van der Waals surface area contributed by atoms with Crippen LogP contribution < -0.4 is 5.32 Å². The summed E-state index contributed by atoms with van der Waals surface area (Å²) in [6, 6.07) is 2.40. The lowest BCUT2D eigenvalue weighted by Crippen LogP contribution is -2.20. The van der Waals surface area contributed by atoms with E-state index in [2.05, 4.69) is 25.4 Å². The largest absolute Gasteiger partial charge is 0.368 e. The lowest BCUT2D eigenvalue weighted by atomic mass is 10.0. The van der Waals surface area contributed by atoms with Crippen LogP contribution in [-0.4, -0.2) is 20.1 Å². The van der Waals surface area contributed by atoms with Crippen molar-refractivity contribution in [2.45, 2.75) is 19.9 Å². The van der Waals surface area contributed by atoms with E-state index in [1.165, 1.54) is 12.4 Å². The Bertz CT molecular complexity index is 890. The average molecular weight is 367 g/mol. The number of nitrogens with zero attached hydrogens (tertiary/aromatic N) is 4. The number of hydrogen-bond donors (Lipinski definition) is 1. The molecular weight excluding hydrogens is 354 g/mol. The number of nitrogens with one attached hydrogen (secondary N) is 1. The fourth-order valence-corrected chi connectivity index (χ4v) is 2.26. The number of aromatic nitrogens is 4. The third-order valence-corrected chi connectivity index (χ3v) is 3.61. The Hall–Kier alpha value is -3.04. The minimum atomic E-state index is -1.75. The van der Waals surface area contributed by atoms with E-state index in [-0.39, 0.29) is 17.6 Å². The lowest BCUT2D eigenvalue weighted by Gasteiger charge is -2.20. The van der Waals surface area contributed by atoms with E-state index in [9.17, 15) is 17.6 Å². The van der Waals surface area contributed by atoms with Gasteiger partial charge in [-0.25, -0.2) is 0 Å². The van der Waals surface area contributed by atoms with E-state index in [0.717, 1.165) is 0 Å². The molecule has 26 heavy (non-hydrogen) atoms. The quantitative estimate of drug-likeness (QED) is 0.545. The van der Waals surface area contributed by atoms with Crippen LogP contribution in [0, 0.1) is 29.4 Å². The van der Waals surface area contributed by atoms with Crippen molar-refractivity contribution in [1.29, 1.82) is 0 Å². The maximum absolute atomic E-state index is 13.9.